The minimum absolute atomic E-state index is 0.881. The van der Waals surface area contributed by atoms with Gasteiger partial charge in [-0.15, -0.1) is 11.3 Å². The first-order chi connectivity index (χ1) is 9.31. The van der Waals surface area contributed by atoms with Crippen LogP contribution < -0.4 is 10.2 Å². The molecule has 2 rings (SSSR count). The summed E-state index contributed by atoms with van der Waals surface area (Å²) in [5.74, 6) is 0. The molecule has 0 saturated heterocycles. The zero-order valence-corrected chi connectivity index (χ0v) is 12.4. The van der Waals surface area contributed by atoms with E-state index < -0.39 is 0 Å². The van der Waals surface area contributed by atoms with E-state index in [4.69, 9.17) is 0 Å². The number of nitrogens with one attached hydrogen (secondary N) is 1. The zero-order chi connectivity index (χ0) is 13.5. The predicted molar refractivity (Wildman–Crippen MR) is 82.7 cm³/mol. The van der Waals surface area contributed by atoms with Crippen LogP contribution in [0.25, 0.3) is 0 Å². The first kappa shape index (κ1) is 14.0. The third-order valence-electron chi connectivity index (χ3n) is 3.00. The Balaban J connectivity index is 2.05. The molecule has 0 aliphatic carbocycles. The molecule has 2 aromatic rings. The SMILES string of the molecule is CCCNCc1cnccc1N(C)Cc1cccs1. The summed E-state index contributed by atoms with van der Waals surface area (Å²) in [6.07, 6.45) is 4.98. The van der Waals surface area contributed by atoms with Crippen molar-refractivity contribution >= 4 is 17.0 Å². The molecule has 19 heavy (non-hydrogen) atoms. The van der Waals surface area contributed by atoms with Crippen molar-refractivity contribution in [3.8, 4) is 0 Å². The summed E-state index contributed by atoms with van der Waals surface area (Å²) in [5, 5.41) is 5.57. The molecular formula is C15H21N3S. The molecule has 0 amide bonds. The highest BCUT2D eigenvalue weighted by Crippen LogP contribution is 2.21. The lowest BCUT2D eigenvalue weighted by Gasteiger charge is -2.21. The molecule has 2 heterocycles. The standard InChI is InChI=1S/C15H21N3S/c1-3-7-16-10-13-11-17-8-6-15(13)18(2)12-14-5-4-9-19-14/h4-6,8-9,11,16H,3,7,10,12H2,1-2H3. The second kappa shape index (κ2) is 7.26. The maximum atomic E-state index is 4.24. The lowest BCUT2D eigenvalue weighted by Crippen LogP contribution is -2.21. The third-order valence-corrected chi connectivity index (χ3v) is 3.87. The molecule has 0 aromatic carbocycles. The molecule has 3 nitrogen and oxygen atoms in total. The van der Waals surface area contributed by atoms with Crippen LogP contribution in [0.1, 0.15) is 23.8 Å². The second-order valence-corrected chi connectivity index (χ2v) is 5.65. The van der Waals surface area contributed by atoms with Gasteiger partial charge < -0.3 is 10.2 Å². The van der Waals surface area contributed by atoms with Crippen LogP contribution in [0.5, 0.6) is 0 Å². The van der Waals surface area contributed by atoms with E-state index in [0.717, 1.165) is 26.1 Å². The van der Waals surface area contributed by atoms with Gasteiger partial charge in [0.2, 0.25) is 0 Å². The van der Waals surface area contributed by atoms with Crippen LogP contribution in [0.3, 0.4) is 0 Å². The van der Waals surface area contributed by atoms with E-state index in [2.05, 4.69) is 52.8 Å². The molecule has 2 aromatic heterocycles. The van der Waals surface area contributed by atoms with Crippen molar-refractivity contribution in [2.75, 3.05) is 18.5 Å². The Kier molecular flexibility index (Phi) is 5.36. The predicted octanol–water partition coefficient (Wildman–Crippen LogP) is 3.28. The van der Waals surface area contributed by atoms with Gasteiger partial charge in [0.25, 0.3) is 0 Å². The first-order valence-corrected chi connectivity index (χ1v) is 7.56. The molecule has 0 bridgehead atoms. The Labute approximate surface area is 119 Å². The molecule has 0 atom stereocenters. The maximum absolute atomic E-state index is 4.24. The normalized spacial score (nSPS) is 10.6. The van der Waals surface area contributed by atoms with E-state index in [-0.39, 0.29) is 0 Å². The van der Waals surface area contributed by atoms with E-state index in [9.17, 15) is 0 Å². The van der Waals surface area contributed by atoms with Gasteiger partial charge in [-0.05, 0) is 30.5 Å². The topological polar surface area (TPSA) is 28.2 Å². The van der Waals surface area contributed by atoms with Gasteiger partial charge >= 0.3 is 0 Å². The number of hydrogen-bond donors (Lipinski definition) is 1. The zero-order valence-electron chi connectivity index (χ0n) is 11.6. The summed E-state index contributed by atoms with van der Waals surface area (Å²) in [7, 11) is 2.14. The largest absolute Gasteiger partial charge is 0.369 e. The van der Waals surface area contributed by atoms with Gasteiger partial charge in [0.05, 0.1) is 6.54 Å². The minimum atomic E-state index is 0.881. The van der Waals surface area contributed by atoms with E-state index in [1.54, 1.807) is 11.3 Å². The van der Waals surface area contributed by atoms with Gasteiger partial charge in [0, 0.05) is 42.1 Å². The van der Waals surface area contributed by atoms with Crippen molar-refractivity contribution in [2.24, 2.45) is 0 Å². The number of pyridine rings is 1. The fraction of sp³-hybridized carbons (Fsp3) is 0.400. The van der Waals surface area contributed by atoms with Crippen LogP contribution in [-0.4, -0.2) is 18.6 Å². The average Bonchev–Trinajstić information content (AvgIpc) is 2.92. The first-order valence-electron chi connectivity index (χ1n) is 6.68. The maximum Gasteiger partial charge on any atom is 0.0519 e. The van der Waals surface area contributed by atoms with Crippen LogP contribution >= 0.6 is 11.3 Å². The van der Waals surface area contributed by atoms with Crippen molar-refractivity contribution in [1.29, 1.82) is 0 Å². The van der Waals surface area contributed by atoms with Crippen molar-refractivity contribution in [3.63, 3.8) is 0 Å². The number of nitrogens with zero attached hydrogens (tertiary/aromatic N) is 2. The molecule has 102 valence electrons. The second-order valence-electron chi connectivity index (χ2n) is 4.62. The molecule has 0 spiro atoms. The smallest absolute Gasteiger partial charge is 0.0519 e. The summed E-state index contributed by atoms with van der Waals surface area (Å²) in [6.45, 7) is 5.05. The third kappa shape index (κ3) is 4.04. The van der Waals surface area contributed by atoms with E-state index in [0.29, 0.717) is 0 Å². The van der Waals surface area contributed by atoms with Gasteiger partial charge in [0.15, 0.2) is 0 Å². The van der Waals surface area contributed by atoms with Crippen molar-refractivity contribution < 1.29 is 0 Å². The fourth-order valence-electron chi connectivity index (χ4n) is 2.05. The van der Waals surface area contributed by atoms with Gasteiger partial charge in [-0.25, -0.2) is 0 Å². The summed E-state index contributed by atoms with van der Waals surface area (Å²) in [6, 6.07) is 6.37. The Morgan fingerprint density at radius 2 is 2.26 bits per heavy atom. The number of rotatable bonds is 7. The summed E-state index contributed by atoms with van der Waals surface area (Å²) in [5.41, 5.74) is 2.52. The highest BCUT2D eigenvalue weighted by atomic mass is 32.1. The molecule has 0 aliphatic heterocycles. The van der Waals surface area contributed by atoms with Gasteiger partial charge in [0.1, 0.15) is 0 Å². The van der Waals surface area contributed by atoms with Gasteiger partial charge in [-0.1, -0.05) is 13.0 Å². The molecule has 4 heteroatoms. The average molecular weight is 275 g/mol. The monoisotopic (exact) mass is 275 g/mol. The minimum Gasteiger partial charge on any atom is -0.369 e. The molecule has 1 N–H and O–H groups in total. The van der Waals surface area contributed by atoms with Crippen LogP contribution in [0.2, 0.25) is 0 Å². The Bertz CT molecular complexity index is 482. The molecular weight excluding hydrogens is 254 g/mol. The Hall–Kier alpha value is -1.39. The number of aromatic nitrogens is 1. The van der Waals surface area contributed by atoms with E-state index in [1.165, 1.54) is 16.1 Å². The molecule has 0 aliphatic rings. The number of anilines is 1. The van der Waals surface area contributed by atoms with Crippen molar-refractivity contribution in [3.05, 3.63) is 46.4 Å². The quantitative estimate of drug-likeness (QED) is 0.786. The lowest BCUT2D eigenvalue weighted by molar-refractivity contribution is 0.672. The van der Waals surface area contributed by atoms with E-state index in [1.807, 2.05) is 12.4 Å². The Morgan fingerprint density at radius 1 is 1.37 bits per heavy atom. The summed E-state index contributed by atoms with van der Waals surface area (Å²) in [4.78, 5) is 7.91. The fourth-order valence-corrected chi connectivity index (χ4v) is 2.81. The summed E-state index contributed by atoms with van der Waals surface area (Å²) < 4.78 is 0. The summed E-state index contributed by atoms with van der Waals surface area (Å²) >= 11 is 1.80. The Morgan fingerprint density at radius 3 is 3.00 bits per heavy atom. The number of thiophene rings is 1. The number of hydrogen-bond acceptors (Lipinski definition) is 4. The van der Waals surface area contributed by atoms with Crippen molar-refractivity contribution in [1.82, 2.24) is 10.3 Å². The van der Waals surface area contributed by atoms with Crippen LogP contribution in [-0.2, 0) is 13.1 Å². The van der Waals surface area contributed by atoms with Crippen LogP contribution in [0.4, 0.5) is 5.69 Å². The lowest BCUT2D eigenvalue weighted by atomic mass is 10.2. The molecule has 0 saturated carbocycles. The van der Waals surface area contributed by atoms with Crippen LogP contribution in [0, 0.1) is 0 Å². The van der Waals surface area contributed by atoms with Crippen molar-refractivity contribution in [2.45, 2.75) is 26.4 Å². The molecule has 0 unspecified atom stereocenters. The van der Waals surface area contributed by atoms with E-state index >= 15 is 0 Å². The molecule has 0 fully saturated rings. The van der Waals surface area contributed by atoms with Crippen LogP contribution in [0.15, 0.2) is 36.0 Å². The molecule has 0 radical (unpaired) electrons. The highest BCUT2D eigenvalue weighted by Gasteiger charge is 2.08. The van der Waals surface area contributed by atoms with Gasteiger partial charge in [-0.2, -0.15) is 0 Å². The highest BCUT2D eigenvalue weighted by molar-refractivity contribution is 7.09. The van der Waals surface area contributed by atoms with Gasteiger partial charge in [-0.3, -0.25) is 4.98 Å².